The molecule has 0 unspecified atom stereocenters. The van der Waals surface area contributed by atoms with E-state index in [1.54, 1.807) is 30.1 Å². The van der Waals surface area contributed by atoms with Crippen LogP contribution >= 0.6 is 34.4 Å². The standard InChI is InChI=1S/C18H15N3O2S3/c1-21-17(22)13-7-8-24-16(13)20-18(21)26-10-11-9-25-15(19-11)12-5-3-4-6-14(12)23-2/h3-9H,10H2,1-2H3. The first-order valence-electron chi connectivity index (χ1n) is 7.82. The van der Waals surface area contributed by atoms with Crippen molar-refractivity contribution < 1.29 is 4.74 Å². The van der Waals surface area contributed by atoms with Crippen LogP contribution in [0.25, 0.3) is 20.8 Å². The fourth-order valence-corrected chi connectivity index (χ4v) is 5.19. The summed E-state index contributed by atoms with van der Waals surface area (Å²) in [5.74, 6) is 1.47. The van der Waals surface area contributed by atoms with Crippen molar-refractivity contribution in [2.45, 2.75) is 10.9 Å². The number of para-hydroxylation sites is 1. The van der Waals surface area contributed by atoms with E-state index in [0.29, 0.717) is 16.3 Å². The molecule has 0 saturated carbocycles. The Morgan fingerprint density at radius 1 is 1.19 bits per heavy atom. The summed E-state index contributed by atoms with van der Waals surface area (Å²) in [6.45, 7) is 0. The lowest BCUT2D eigenvalue weighted by Gasteiger charge is -2.06. The van der Waals surface area contributed by atoms with Crippen molar-refractivity contribution in [1.29, 1.82) is 0 Å². The number of thiophene rings is 1. The van der Waals surface area contributed by atoms with Gasteiger partial charge in [-0.25, -0.2) is 9.97 Å². The van der Waals surface area contributed by atoms with Gasteiger partial charge in [-0.15, -0.1) is 22.7 Å². The number of rotatable bonds is 5. The Morgan fingerprint density at radius 3 is 2.88 bits per heavy atom. The highest BCUT2D eigenvalue weighted by molar-refractivity contribution is 7.98. The van der Waals surface area contributed by atoms with Crippen molar-refractivity contribution in [3.05, 3.63) is 57.1 Å². The molecular weight excluding hydrogens is 386 g/mol. The second kappa shape index (κ2) is 7.22. The first-order valence-corrected chi connectivity index (χ1v) is 10.6. The van der Waals surface area contributed by atoms with E-state index in [1.165, 1.54) is 23.1 Å². The molecule has 4 aromatic rings. The van der Waals surface area contributed by atoms with Crippen molar-refractivity contribution in [3.8, 4) is 16.3 Å². The number of benzene rings is 1. The van der Waals surface area contributed by atoms with E-state index in [1.807, 2.05) is 41.1 Å². The largest absolute Gasteiger partial charge is 0.496 e. The topological polar surface area (TPSA) is 57.0 Å². The summed E-state index contributed by atoms with van der Waals surface area (Å²) >= 11 is 4.60. The van der Waals surface area contributed by atoms with E-state index in [2.05, 4.69) is 4.98 Å². The first-order chi connectivity index (χ1) is 12.7. The quantitative estimate of drug-likeness (QED) is 0.366. The summed E-state index contributed by atoms with van der Waals surface area (Å²) in [6.07, 6.45) is 0. The van der Waals surface area contributed by atoms with Crippen LogP contribution in [0, 0.1) is 0 Å². The molecule has 0 amide bonds. The fraction of sp³-hybridized carbons (Fsp3) is 0.167. The third kappa shape index (κ3) is 3.15. The van der Waals surface area contributed by atoms with Crippen LogP contribution in [0.2, 0.25) is 0 Å². The maximum Gasteiger partial charge on any atom is 0.262 e. The second-order valence-corrected chi connectivity index (χ2v) is 8.23. The molecule has 0 atom stereocenters. The van der Waals surface area contributed by atoms with E-state index >= 15 is 0 Å². The maximum absolute atomic E-state index is 12.4. The molecule has 0 aliphatic heterocycles. The van der Waals surface area contributed by atoms with Gasteiger partial charge in [0.25, 0.3) is 5.56 Å². The Kier molecular flexibility index (Phi) is 4.80. The number of methoxy groups -OCH3 is 1. The SMILES string of the molecule is COc1ccccc1-c1nc(CSc2nc3sccc3c(=O)n2C)cs1. The summed E-state index contributed by atoms with van der Waals surface area (Å²) in [5, 5.41) is 6.24. The van der Waals surface area contributed by atoms with E-state index in [-0.39, 0.29) is 5.56 Å². The van der Waals surface area contributed by atoms with Crippen molar-refractivity contribution in [2.24, 2.45) is 7.05 Å². The highest BCUT2D eigenvalue weighted by Crippen LogP contribution is 2.33. The number of hydrogen-bond donors (Lipinski definition) is 0. The molecule has 0 fully saturated rings. The van der Waals surface area contributed by atoms with E-state index in [4.69, 9.17) is 9.72 Å². The van der Waals surface area contributed by atoms with Crippen LogP contribution in [0.4, 0.5) is 0 Å². The predicted molar refractivity (Wildman–Crippen MR) is 109 cm³/mol. The van der Waals surface area contributed by atoms with Gasteiger partial charge in [0.2, 0.25) is 0 Å². The molecule has 0 saturated heterocycles. The summed E-state index contributed by atoms with van der Waals surface area (Å²) in [5.41, 5.74) is 1.94. The van der Waals surface area contributed by atoms with Crippen LogP contribution in [0.5, 0.6) is 5.75 Å². The Hall–Kier alpha value is -2.16. The zero-order valence-corrected chi connectivity index (χ0v) is 16.6. The van der Waals surface area contributed by atoms with Gasteiger partial charge >= 0.3 is 0 Å². The fourth-order valence-electron chi connectivity index (χ4n) is 2.57. The molecular formula is C18H15N3O2S3. The third-order valence-electron chi connectivity index (χ3n) is 3.90. The lowest BCUT2D eigenvalue weighted by Crippen LogP contribution is -2.19. The Balaban J connectivity index is 1.57. The molecule has 0 bridgehead atoms. The molecule has 0 spiro atoms. The highest BCUT2D eigenvalue weighted by atomic mass is 32.2. The van der Waals surface area contributed by atoms with E-state index < -0.39 is 0 Å². The molecule has 3 heterocycles. The minimum absolute atomic E-state index is 0.00765. The summed E-state index contributed by atoms with van der Waals surface area (Å²) < 4.78 is 7.02. The average Bonchev–Trinajstić information content (AvgIpc) is 3.33. The molecule has 8 heteroatoms. The third-order valence-corrected chi connectivity index (χ3v) is 6.70. The summed E-state index contributed by atoms with van der Waals surface area (Å²) in [7, 11) is 3.42. The normalized spacial score (nSPS) is 11.2. The number of hydrogen-bond acceptors (Lipinski definition) is 7. The minimum atomic E-state index is -0.00765. The maximum atomic E-state index is 12.4. The van der Waals surface area contributed by atoms with Crippen LogP contribution in [-0.2, 0) is 12.8 Å². The van der Waals surface area contributed by atoms with Crippen molar-refractivity contribution in [3.63, 3.8) is 0 Å². The van der Waals surface area contributed by atoms with Gasteiger partial charge in [0.15, 0.2) is 5.16 Å². The zero-order chi connectivity index (χ0) is 18.1. The number of aromatic nitrogens is 3. The lowest BCUT2D eigenvalue weighted by molar-refractivity contribution is 0.416. The van der Waals surface area contributed by atoms with Gasteiger partial charge in [0.1, 0.15) is 15.6 Å². The smallest absolute Gasteiger partial charge is 0.262 e. The van der Waals surface area contributed by atoms with Gasteiger partial charge in [-0.3, -0.25) is 9.36 Å². The molecule has 0 N–H and O–H groups in total. The van der Waals surface area contributed by atoms with Gasteiger partial charge in [-0.2, -0.15) is 0 Å². The molecule has 3 aromatic heterocycles. The van der Waals surface area contributed by atoms with Crippen LogP contribution in [0.3, 0.4) is 0 Å². The molecule has 26 heavy (non-hydrogen) atoms. The van der Waals surface area contributed by atoms with Crippen molar-refractivity contribution >= 4 is 44.7 Å². The molecule has 1 aromatic carbocycles. The molecule has 0 aliphatic rings. The van der Waals surface area contributed by atoms with Crippen molar-refractivity contribution in [2.75, 3.05) is 7.11 Å². The summed E-state index contributed by atoms with van der Waals surface area (Å²) in [4.78, 5) is 22.5. The molecule has 0 radical (unpaired) electrons. The zero-order valence-electron chi connectivity index (χ0n) is 14.1. The van der Waals surface area contributed by atoms with Crippen LogP contribution in [0.15, 0.2) is 51.0 Å². The monoisotopic (exact) mass is 401 g/mol. The number of nitrogens with zero attached hydrogens (tertiary/aromatic N) is 3. The van der Waals surface area contributed by atoms with Crippen LogP contribution in [0.1, 0.15) is 5.69 Å². The Morgan fingerprint density at radius 2 is 2.04 bits per heavy atom. The predicted octanol–water partition coefficient (Wildman–Crippen LogP) is 4.42. The van der Waals surface area contributed by atoms with E-state index in [0.717, 1.165) is 26.8 Å². The Bertz CT molecular complexity index is 1130. The van der Waals surface area contributed by atoms with Crippen LogP contribution < -0.4 is 10.3 Å². The number of thioether (sulfide) groups is 1. The second-order valence-electron chi connectivity index (χ2n) is 5.53. The number of fused-ring (bicyclic) bond motifs is 1. The molecule has 0 aliphatic carbocycles. The minimum Gasteiger partial charge on any atom is -0.496 e. The van der Waals surface area contributed by atoms with Crippen LogP contribution in [-0.4, -0.2) is 21.6 Å². The van der Waals surface area contributed by atoms with E-state index in [9.17, 15) is 4.79 Å². The molecule has 5 nitrogen and oxygen atoms in total. The van der Waals surface area contributed by atoms with Gasteiger partial charge in [-0.1, -0.05) is 23.9 Å². The highest BCUT2D eigenvalue weighted by Gasteiger charge is 2.13. The van der Waals surface area contributed by atoms with Gasteiger partial charge in [0, 0.05) is 18.2 Å². The molecule has 4 rings (SSSR count). The molecule has 132 valence electrons. The lowest BCUT2D eigenvalue weighted by atomic mass is 10.2. The average molecular weight is 402 g/mol. The van der Waals surface area contributed by atoms with Gasteiger partial charge in [0.05, 0.1) is 23.8 Å². The Labute approximate surface area is 162 Å². The first kappa shape index (κ1) is 17.3. The number of thiazole rings is 1. The van der Waals surface area contributed by atoms with Crippen molar-refractivity contribution in [1.82, 2.24) is 14.5 Å². The number of ether oxygens (including phenoxy) is 1. The summed E-state index contributed by atoms with van der Waals surface area (Å²) in [6, 6.07) is 9.68. The van der Waals surface area contributed by atoms with Gasteiger partial charge in [-0.05, 0) is 23.6 Å². The van der Waals surface area contributed by atoms with Gasteiger partial charge < -0.3 is 4.74 Å².